The first-order valence-electron chi connectivity index (χ1n) is 8.18. The number of anilines is 1. The summed E-state index contributed by atoms with van der Waals surface area (Å²) < 4.78 is 0. The number of nitrogens with zero attached hydrogens (tertiary/aromatic N) is 1. The van der Waals surface area contributed by atoms with E-state index in [9.17, 15) is 4.79 Å². The fraction of sp³-hybridized carbons (Fsp3) is 0.611. The van der Waals surface area contributed by atoms with E-state index in [2.05, 4.69) is 44.3 Å². The number of fused-ring (bicyclic) bond motifs is 1. The summed E-state index contributed by atoms with van der Waals surface area (Å²) in [6.07, 6.45) is 3.18. The lowest BCUT2D eigenvalue weighted by atomic mass is 9.95. The fourth-order valence-corrected chi connectivity index (χ4v) is 3.40. The van der Waals surface area contributed by atoms with Crippen LogP contribution in [0.1, 0.15) is 51.6 Å². The first-order chi connectivity index (χ1) is 10.0. The minimum atomic E-state index is 0.198. The molecule has 2 aliphatic rings. The average molecular weight is 286 g/mol. The number of benzene rings is 1. The van der Waals surface area contributed by atoms with Crippen LogP contribution in [-0.2, 0) is 4.79 Å². The molecule has 0 aromatic heterocycles. The normalized spacial score (nSPS) is 26.3. The summed E-state index contributed by atoms with van der Waals surface area (Å²) in [5.41, 5.74) is 2.60. The third-order valence-electron chi connectivity index (χ3n) is 4.96. The maximum absolute atomic E-state index is 12.8. The minimum Gasteiger partial charge on any atom is -0.312 e. The van der Waals surface area contributed by atoms with E-state index in [1.54, 1.807) is 0 Å². The van der Waals surface area contributed by atoms with Crippen molar-refractivity contribution in [2.24, 2.45) is 11.3 Å². The highest BCUT2D eigenvalue weighted by Crippen LogP contribution is 2.53. The summed E-state index contributed by atoms with van der Waals surface area (Å²) in [5, 5.41) is 3.61. The van der Waals surface area contributed by atoms with Crippen LogP contribution < -0.4 is 10.2 Å². The van der Waals surface area contributed by atoms with E-state index in [0.29, 0.717) is 11.9 Å². The predicted molar refractivity (Wildman–Crippen MR) is 86.3 cm³/mol. The molecule has 1 fully saturated rings. The second kappa shape index (κ2) is 5.45. The Morgan fingerprint density at radius 3 is 2.76 bits per heavy atom. The number of carbonyl (C=O) groups excluding carboxylic acids is 1. The van der Waals surface area contributed by atoms with Gasteiger partial charge in [0, 0.05) is 24.2 Å². The summed E-state index contributed by atoms with van der Waals surface area (Å²) in [6, 6.07) is 8.77. The average Bonchev–Trinajstić information content (AvgIpc) is 3.13. The van der Waals surface area contributed by atoms with Crippen molar-refractivity contribution in [1.82, 2.24) is 5.32 Å². The number of rotatable bonds is 4. The molecule has 1 aliphatic heterocycles. The fourth-order valence-electron chi connectivity index (χ4n) is 3.40. The molecule has 1 heterocycles. The highest BCUT2D eigenvalue weighted by Gasteiger charge is 2.52. The Bertz CT molecular complexity index is 538. The summed E-state index contributed by atoms with van der Waals surface area (Å²) in [4.78, 5) is 14.8. The molecule has 114 valence electrons. The zero-order valence-electron chi connectivity index (χ0n) is 13.4. The van der Waals surface area contributed by atoms with E-state index in [-0.39, 0.29) is 11.3 Å². The third-order valence-corrected chi connectivity index (χ3v) is 4.96. The first kappa shape index (κ1) is 14.6. The lowest BCUT2D eigenvalue weighted by Crippen LogP contribution is -2.41. The second-order valence-corrected chi connectivity index (χ2v) is 7.09. The molecule has 21 heavy (non-hydrogen) atoms. The van der Waals surface area contributed by atoms with Crippen LogP contribution in [0.4, 0.5) is 5.69 Å². The molecule has 0 radical (unpaired) electrons. The van der Waals surface area contributed by atoms with Gasteiger partial charge < -0.3 is 10.2 Å². The smallest absolute Gasteiger partial charge is 0.230 e. The Kier molecular flexibility index (Phi) is 3.78. The van der Waals surface area contributed by atoms with Gasteiger partial charge >= 0.3 is 0 Å². The van der Waals surface area contributed by atoms with E-state index in [0.717, 1.165) is 38.0 Å². The van der Waals surface area contributed by atoms with Crippen molar-refractivity contribution >= 4 is 11.6 Å². The van der Waals surface area contributed by atoms with Crippen LogP contribution >= 0.6 is 0 Å². The molecule has 1 N–H and O–H groups in total. The lowest BCUT2D eigenvalue weighted by molar-refractivity contribution is -0.120. The molecule has 3 heteroatoms. The number of para-hydroxylation sites is 1. The maximum atomic E-state index is 12.8. The van der Waals surface area contributed by atoms with Crippen LogP contribution in [-0.4, -0.2) is 19.0 Å². The number of hydrogen-bond acceptors (Lipinski definition) is 2. The monoisotopic (exact) mass is 286 g/mol. The van der Waals surface area contributed by atoms with Crippen LogP contribution in [0.2, 0.25) is 0 Å². The standard InChI is InChI=1S/C18H26N2O/c1-4-10-19-15-9-11-20(16-8-6-5-7-13(15)16)17(21)14-12-18(14,2)3/h5-8,14-15,19H,4,9-12H2,1-3H3. The third kappa shape index (κ3) is 2.71. The SMILES string of the molecule is CCCNC1CCN(C(=O)C2CC2(C)C)c2ccccc21. The molecular formula is C18H26N2O. The van der Waals surface area contributed by atoms with Gasteiger partial charge in [0.25, 0.3) is 0 Å². The molecule has 2 atom stereocenters. The summed E-state index contributed by atoms with van der Waals surface area (Å²) in [6.45, 7) is 8.44. The van der Waals surface area contributed by atoms with Crippen molar-refractivity contribution in [2.45, 2.75) is 46.1 Å². The molecule has 1 amide bonds. The topological polar surface area (TPSA) is 32.3 Å². The van der Waals surface area contributed by atoms with E-state index in [4.69, 9.17) is 0 Å². The number of nitrogens with one attached hydrogen (secondary N) is 1. The molecule has 3 rings (SSSR count). The van der Waals surface area contributed by atoms with Crippen molar-refractivity contribution in [1.29, 1.82) is 0 Å². The van der Waals surface area contributed by atoms with Gasteiger partial charge in [0.15, 0.2) is 0 Å². The predicted octanol–water partition coefficient (Wildman–Crippen LogP) is 3.51. The highest BCUT2D eigenvalue weighted by molar-refractivity contribution is 5.98. The molecule has 0 saturated heterocycles. The Balaban J connectivity index is 1.83. The lowest BCUT2D eigenvalue weighted by Gasteiger charge is -2.35. The van der Waals surface area contributed by atoms with E-state index < -0.39 is 0 Å². The highest BCUT2D eigenvalue weighted by atomic mass is 16.2. The van der Waals surface area contributed by atoms with Gasteiger partial charge in [0.1, 0.15) is 0 Å². The van der Waals surface area contributed by atoms with Gasteiger partial charge in [0.2, 0.25) is 5.91 Å². The number of carbonyl (C=O) groups is 1. The van der Waals surface area contributed by atoms with Crippen molar-refractivity contribution < 1.29 is 4.79 Å². The van der Waals surface area contributed by atoms with Crippen molar-refractivity contribution in [3.63, 3.8) is 0 Å². The Morgan fingerprint density at radius 2 is 2.10 bits per heavy atom. The molecule has 1 aromatic carbocycles. The van der Waals surface area contributed by atoms with Gasteiger partial charge in [-0.25, -0.2) is 0 Å². The molecule has 1 saturated carbocycles. The van der Waals surface area contributed by atoms with Gasteiger partial charge in [-0.05, 0) is 42.9 Å². The van der Waals surface area contributed by atoms with Crippen molar-refractivity contribution in [3.05, 3.63) is 29.8 Å². The van der Waals surface area contributed by atoms with Gasteiger partial charge in [-0.15, -0.1) is 0 Å². The zero-order valence-corrected chi connectivity index (χ0v) is 13.4. The number of hydrogen-bond donors (Lipinski definition) is 1. The Morgan fingerprint density at radius 1 is 1.38 bits per heavy atom. The Labute approximate surface area is 127 Å². The van der Waals surface area contributed by atoms with Gasteiger partial charge in [-0.3, -0.25) is 4.79 Å². The summed E-state index contributed by atoms with van der Waals surface area (Å²) in [5.74, 6) is 0.534. The summed E-state index contributed by atoms with van der Waals surface area (Å²) >= 11 is 0. The van der Waals surface area contributed by atoms with Gasteiger partial charge in [-0.2, -0.15) is 0 Å². The van der Waals surface area contributed by atoms with E-state index in [1.807, 2.05) is 11.0 Å². The zero-order chi connectivity index (χ0) is 15.0. The molecule has 2 unspecified atom stereocenters. The van der Waals surface area contributed by atoms with Crippen molar-refractivity contribution in [2.75, 3.05) is 18.0 Å². The Hall–Kier alpha value is -1.35. The van der Waals surface area contributed by atoms with Crippen LogP contribution in [0.3, 0.4) is 0 Å². The minimum absolute atomic E-state index is 0.198. The molecule has 0 spiro atoms. The second-order valence-electron chi connectivity index (χ2n) is 7.09. The quantitative estimate of drug-likeness (QED) is 0.918. The molecular weight excluding hydrogens is 260 g/mol. The van der Waals surface area contributed by atoms with Crippen LogP contribution in [0.15, 0.2) is 24.3 Å². The van der Waals surface area contributed by atoms with Crippen molar-refractivity contribution in [3.8, 4) is 0 Å². The van der Waals surface area contributed by atoms with Crippen LogP contribution in [0.25, 0.3) is 0 Å². The molecule has 1 aromatic rings. The maximum Gasteiger partial charge on any atom is 0.230 e. The van der Waals surface area contributed by atoms with Gasteiger partial charge in [-0.1, -0.05) is 39.0 Å². The van der Waals surface area contributed by atoms with Crippen LogP contribution in [0.5, 0.6) is 0 Å². The van der Waals surface area contributed by atoms with Gasteiger partial charge in [0.05, 0.1) is 0 Å². The van der Waals surface area contributed by atoms with E-state index >= 15 is 0 Å². The van der Waals surface area contributed by atoms with E-state index in [1.165, 1.54) is 5.56 Å². The molecule has 3 nitrogen and oxygen atoms in total. The summed E-state index contributed by atoms with van der Waals surface area (Å²) in [7, 11) is 0. The largest absolute Gasteiger partial charge is 0.312 e. The first-order valence-corrected chi connectivity index (χ1v) is 8.18. The number of amides is 1. The molecule has 0 bridgehead atoms. The molecule has 1 aliphatic carbocycles. The van der Waals surface area contributed by atoms with Crippen LogP contribution in [0, 0.1) is 11.3 Å².